The smallest absolute Gasteiger partial charge is 0.263 e. The molecule has 0 amide bonds. The molecular formula is C21H17N3O5S3. The number of hydrogen-bond acceptors (Lipinski definition) is 7. The Morgan fingerprint density at radius 3 is 1.84 bits per heavy atom. The minimum absolute atomic E-state index is 0.0157. The Morgan fingerprint density at radius 1 is 0.688 bits per heavy atom. The van der Waals surface area contributed by atoms with Crippen molar-refractivity contribution in [2.45, 2.75) is 9.79 Å². The topological polar surface area (TPSA) is 114 Å². The fourth-order valence-electron chi connectivity index (χ4n) is 2.68. The highest BCUT2D eigenvalue weighted by molar-refractivity contribution is 7.93. The normalized spacial score (nSPS) is 11.6. The molecule has 0 aliphatic carbocycles. The summed E-state index contributed by atoms with van der Waals surface area (Å²) in [4.78, 5) is 3.91. The van der Waals surface area contributed by atoms with Gasteiger partial charge in [0, 0.05) is 17.3 Å². The monoisotopic (exact) mass is 487 g/mol. The molecule has 0 radical (unpaired) electrons. The van der Waals surface area contributed by atoms with E-state index in [1.54, 1.807) is 29.6 Å². The van der Waals surface area contributed by atoms with Gasteiger partial charge in [0.15, 0.2) is 5.13 Å². The molecule has 0 saturated heterocycles. The van der Waals surface area contributed by atoms with E-state index in [1.165, 1.54) is 42.6 Å². The van der Waals surface area contributed by atoms with Crippen LogP contribution in [0.3, 0.4) is 0 Å². The Morgan fingerprint density at radius 2 is 1.25 bits per heavy atom. The van der Waals surface area contributed by atoms with Crippen molar-refractivity contribution in [3.63, 3.8) is 0 Å². The van der Waals surface area contributed by atoms with E-state index in [-0.39, 0.29) is 20.6 Å². The Balaban J connectivity index is 1.45. The van der Waals surface area contributed by atoms with E-state index in [9.17, 15) is 16.8 Å². The molecule has 0 unspecified atom stereocenters. The molecule has 8 nitrogen and oxygen atoms in total. The van der Waals surface area contributed by atoms with Crippen LogP contribution in [0.15, 0.2) is 100 Å². The highest BCUT2D eigenvalue weighted by atomic mass is 32.2. The summed E-state index contributed by atoms with van der Waals surface area (Å²) in [6.07, 6.45) is 1.49. The lowest BCUT2D eigenvalue weighted by molar-refractivity contribution is 0.482. The van der Waals surface area contributed by atoms with Crippen LogP contribution in [0.4, 0.5) is 10.8 Å². The van der Waals surface area contributed by atoms with E-state index in [1.807, 2.05) is 18.2 Å². The van der Waals surface area contributed by atoms with Crippen molar-refractivity contribution in [2.24, 2.45) is 0 Å². The highest BCUT2D eigenvalue weighted by Crippen LogP contribution is 2.25. The van der Waals surface area contributed by atoms with Crippen molar-refractivity contribution in [2.75, 3.05) is 9.44 Å². The van der Waals surface area contributed by atoms with Gasteiger partial charge in [0.05, 0.1) is 9.79 Å². The second-order valence-corrected chi connectivity index (χ2v) is 10.7. The molecule has 0 fully saturated rings. The van der Waals surface area contributed by atoms with Gasteiger partial charge < -0.3 is 4.74 Å². The number of nitrogens with zero attached hydrogens (tertiary/aromatic N) is 1. The van der Waals surface area contributed by atoms with E-state index >= 15 is 0 Å². The number of benzene rings is 3. The lowest BCUT2D eigenvalue weighted by atomic mass is 10.3. The number of hydrogen-bond donors (Lipinski definition) is 2. The third-order valence-corrected chi connectivity index (χ3v) is 7.75. The van der Waals surface area contributed by atoms with Crippen LogP contribution in [0.5, 0.6) is 11.5 Å². The molecule has 3 aromatic carbocycles. The standard InChI is InChI=1S/C21H17N3O5S3/c25-31(26,20-12-8-18(9-13-20)29-17-4-2-1-3-5-17)23-16-6-10-19(11-7-16)32(27,28)24-21-22-14-15-30-21/h1-15,23H,(H,22,24). The van der Waals surface area contributed by atoms with Crippen molar-refractivity contribution in [1.29, 1.82) is 0 Å². The molecule has 0 aliphatic rings. The molecule has 1 heterocycles. The SMILES string of the molecule is O=S(=O)(Nc1ccc(S(=O)(=O)Nc2nccs2)cc1)c1ccc(Oc2ccccc2)cc1. The summed E-state index contributed by atoms with van der Waals surface area (Å²) in [5.41, 5.74) is 0.225. The summed E-state index contributed by atoms with van der Waals surface area (Å²) in [5, 5.41) is 1.89. The largest absolute Gasteiger partial charge is 0.457 e. The van der Waals surface area contributed by atoms with E-state index in [0.29, 0.717) is 11.5 Å². The van der Waals surface area contributed by atoms with Gasteiger partial charge in [0.1, 0.15) is 11.5 Å². The molecule has 11 heteroatoms. The summed E-state index contributed by atoms with van der Waals surface area (Å²) in [6, 6.07) is 20.5. The second kappa shape index (κ2) is 8.99. The zero-order valence-corrected chi connectivity index (χ0v) is 18.8. The zero-order valence-electron chi connectivity index (χ0n) is 16.4. The van der Waals surface area contributed by atoms with Crippen molar-refractivity contribution < 1.29 is 21.6 Å². The lowest BCUT2D eigenvalue weighted by Crippen LogP contribution is -2.14. The molecule has 4 aromatic rings. The Hall–Kier alpha value is -3.41. The molecule has 0 bridgehead atoms. The quantitative estimate of drug-likeness (QED) is 0.377. The number of sulfonamides is 2. The Kier molecular flexibility index (Phi) is 6.12. The Labute approximate surface area is 189 Å². The number of anilines is 2. The van der Waals surface area contributed by atoms with Crippen molar-refractivity contribution >= 4 is 42.2 Å². The number of thiazole rings is 1. The predicted molar refractivity (Wildman–Crippen MR) is 123 cm³/mol. The van der Waals surface area contributed by atoms with Gasteiger partial charge in [0.2, 0.25) is 0 Å². The van der Waals surface area contributed by atoms with Gasteiger partial charge in [-0.05, 0) is 60.7 Å². The molecule has 2 N–H and O–H groups in total. The molecule has 0 spiro atoms. The number of nitrogens with one attached hydrogen (secondary N) is 2. The fraction of sp³-hybridized carbons (Fsp3) is 0. The van der Waals surface area contributed by atoms with Crippen LogP contribution in [0.1, 0.15) is 0 Å². The van der Waals surface area contributed by atoms with Gasteiger partial charge in [-0.1, -0.05) is 18.2 Å². The summed E-state index contributed by atoms with van der Waals surface area (Å²) < 4.78 is 60.6. The van der Waals surface area contributed by atoms with E-state index in [4.69, 9.17) is 4.74 Å². The van der Waals surface area contributed by atoms with Gasteiger partial charge in [-0.3, -0.25) is 9.44 Å². The average molecular weight is 488 g/mol. The number of para-hydroxylation sites is 1. The van der Waals surface area contributed by atoms with Gasteiger partial charge in [-0.25, -0.2) is 21.8 Å². The molecule has 0 saturated carbocycles. The van der Waals surface area contributed by atoms with E-state index in [2.05, 4.69) is 14.4 Å². The van der Waals surface area contributed by atoms with Crippen LogP contribution in [-0.2, 0) is 20.0 Å². The molecule has 32 heavy (non-hydrogen) atoms. The first-order valence-corrected chi connectivity index (χ1v) is 13.0. The van der Waals surface area contributed by atoms with E-state index < -0.39 is 20.0 Å². The third-order valence-electron chi connectivity index (χ3n) is 4.18. The maximum absolute atomic E-state index is 12.7. The molecule has 1 aromatic heterocycles. The van der Waals surface area contributed by atoms with E-state index in [0.717, 1.165) is 11.3 Å². The summed E-state index contributed by atoms with van der Waals surface area (Å²) >= 11 is 1.15. The van der Waals surface area contributed by atoms with Crippen LogP contribution in [-0.4, -0.2) is 21.8 Å². The zero-order chi connectivity index (χ0) is 22.6. The average Bonchev–Trinajstić information content (AvgIpc) is 3.27. The molecule has 0 atom stereocenters. The van der Waals surface area contributed by atoms with Crippen LogP contribution in [0, 0.1) is 0 Å². The number of aromatic nitrogens is 1. The minimum Gasteiger partial charge on any atom is -0.457 e. The van der Waals surface area contributed by atoms with Gasteiger partial charge in [0.25, 0.3) is 20.0 Å². The number of ether oxygens (including phenoxy) is 1. The minimum atomic E-state index is -3.87. The highest BCUT2D eigenvalue weighted by Gasteiger charge is 2.17. The number of rotatable bonds is 8. The van der Waals surface area contributed by atoms with Crippen LogP contribution >= 0.6 is 11.3 Å². The van der Waals surface area contributed by atoms with Crippen molar-refractivity contribution in [3.8, 4) is 11.5 Å². The predicted octanol–water partition coefficient (Wildman–Crippen LogP) is 4.54. The maximum atomic E-state index is 12.7. The maximum Gasteiger partial charge on any atom is 0.263 e. The Bertz CT molecular complexity index is 1390. The van der Waals surface area contributed by atoms with Crippen LogP contribution in [0.2, 0.25) is 0 Å². The first kappa shape index (κ1) is 21.8. The van der Waals surface area contributed by atoms with Crippen molar-refractivity contribution in [3.05, 3.63) is 90.4 Å². The third kappa shape index (κ3) is 5.25. The molecule has 4 rings (SSSR count). The second-order valence-electron chi connectivity index (χ2n) is 6.46. The van der Waals surface area contributed by atoms with Gasteiger partial charge in [-0.15, -0.1) is 11.3 Å². The summed E-state index contributed by atoms with van der Waals surface area (Å²) in [5.74, 6) is 1.14. The van der Waals surface area contributed by atoms with Crippen LogP contribution < -0.4 is 14.2 Å². The molecular weight excluding hydrogens is 470 g/mol. The fourth-order valence-corrected chi connectivity index (χ4v) is 5.52. The van der Waals surface area contributed by atoms with Crippen molar-refractivity contribution in [1.82, 2.24) is 4.98 Å². The first-order valence-electron chi connectivity index (χ1n) is 9.20. The van der Waals surface area contributed by atoms with Gasteiger partial charge >= 0.3 is 0 Å². The lowest BCUT2D eigenvalue weighted by Gasteiger charge is -2.10. The molecule has 0 aliphatic heterocycles. The molecule has 164 valence electrons. The van der Waals surface area contributed by atoms with Gasteiger partial charge in [-0.2, -0.15) is 0 Å². The summed E-state index contributed by atoms with van der Waals surface area (Å²) in [6.45, 7) is 0. The summed E-state index contributed by atoms with van der Waals surface area (Å²) in [7, 11) is -7.69. The first-order chi connectivity index (χ1) is 15.3. The van der Waals surface area contributed by atoms with Crippen LogP contribution in [0.25, 0.3) is 0 Å².